The fraction of sp³-hybridized carbons (Fsp3) is 0.733. The maximum absolute atomic E-state index is 2.51. The van der Waals surface area contributed by atoms with Gasteiger partial charge >= 0.3 is 0 Å². The second-order valence-corrected chi connectivity index (χ2v) is 5.30. The summed E-state index contributed by atoms with van der Waals surface area (Å²) in [5, 5.41) is 0. The Labute approximate surface area is 99.9 Å². The van der Waals surface area contributed by atoms with Crippen LogP contribution in [0.15, 0.2) is 12.3 Å². The predicted molar refractivity (Wildman–Crippen MR) is 69.9 cm³/mol. The molecular weight excluding hydrogens is 194 g/mol. The molecule has 0 saturated heterocycles. The molecule has 1 aromatic heterocycles. The smallest absolute Gasteiger partial charge is 0.0305 e. The van der Waals surface area contributed by atoms with Crippen LogP contribution in [0.4, 0.5) is 0 Å². The summed E-state index contributed by atoms with van der Waals surface area (Å²) in [5.74, 6) is 0. The van der Waals surface area contributed by atoms with E-state index in [1.54, 1.807) is 11.3 Å². The van der Waals surface area contributed by atoms with Crippen molar-refractivity contribution in [3.63, 3.8) is 0 Å². The van der Waals surface area contributed by atoms with Gasteiger partial charge in [0.25, 0.3) is 0 Å². The zero-order valence-electron chi connectivity index (χ0n) is 10.8. The molecule has 0 aromatic carbocycles. The first kappa shape index (κ1) is 11.8. The molecule has 0 spiro atoms. The summed E-state index contributed by atoms with van der Waals surface area (Å²) in [6, 6.07) is 3.18. The molecule has 90 valence electrons. The van der Waals surface area contributed by atoms with Crippen LogP contribution in [0.3, 0.4) is 0 Å². The zero-order chi connectivity index (χ0) is 11.4. The number of rotatable bonds is 5. The SMILES string of the molecule is CCCCCCc1cc2n(c1)C(C)CCC2. The van der Waals surface area contributed by atoms with Crippen molar-refractivity contribution in [3.05, 3.63) is 23.5 Å². The van der Waals surface area contributed by atoms with Crippen molar-refractivity contribution in [3.8, 4) is 0 Å². The van der Waals surface area contributed by atoms with Crippen LogP contribution in [0.25, 0.3) is 0 Å². The lowest BCUT2D eigenvalue weighted by molar-refractivity contribution is 0.432. The Kier molecular flexibility index (Phi) is 4.09. The fourth-order valence-corrected chi connectivity index (χ4v) is 2.81. The van der Waals surface area contributed by atoms with Crippen LogP contribution in [0.1, 0.15) is 69.7 Å². The minimum atomic E-state index is 0.730. The normalized spacial score (nSPS) is 19.8. The van der Waals surface area contributed by atoms with E-state index >= 15 is 0 Å². The fourth-order valence-electron chi connectivity index (χ4n) is 2.81. The van der Waals surface area contributed by atoms with Crippen molar-refractivity contribution >= 4 is 0 Å². The monoisotopic (exact) mass is 219 g/mol. The number of hydrogen-bond acceptors (Lipinski definition) is 0. The van der Waals surface area contributed by atoms with E-state index in [2.05, 4.69) is 30.7 Å². The van der Waals surface area contributed by atoms with E-state index in [0.29, 0.717) is 0 Å². The quantitative estimate of drug-likeness (QED) is 0.642. The number of hydrogen-bond donors (Lipinski definition) is 0. The molecular formula is C15H25N. The van der Waals surface area contributed by atoms with Crippen molar-refractivity contribution in [1.29, 1.82) is 0 Å². The second kappa shape index (κ2) is 5.56. The molecule has 0 radical (unpaired) electrons. The molecule has 16 heavy (non-hydrogen) atoms. The lowest BCUT2D eigenvalue weighted by Crippen LogP contribution is -2.13. The van der Waals surface area contributed by atoms with Crippen molar-refractivity contribution in [1.82, 2.24) is 4.57 Å². The Hall–Kier alpha value is -0.720. The summed E-state index contributed by atoms with van der Waals surface area (Å²) in [4.78, 5) is 0. The van der Waals surface area contributed by atoms with Crippen molar-refractivity contribution < 1.29 is 0 Å². The lowest BCUT2D eigenvalue weighted by atomic mass is 10.0. The topological polar surface area (TPSA) is 4.93 Å². The molecule has 1 heteroatoms. The first-order chi connectivity index (χ1) is 7.81. The van der Waals surface area contributed by atoms with E-state index in [4.69, 9.17) is 0 Å². The van der Waals surface area contributed by atoms with E-state index in [1.807, 2.05) is 0 Å². The van der Waals surface area contributed by atoms with Crippen LogP contribution in [0, 0.1) is 0 Å². The highest BCUT2D eigenvalue weighted by molar-refractivity contribution is 5.21. The molecule has 0 bridgehead atoms. The summed E-state index contributed by atoms with van der Waals surface area (Å²) in [6.45, 7) is 4.63. The molecule has 1 aromatic rings. The average Bonchev–Trinajstić information content (AvgIpc) is 2.69. The van der Waals surface area contributed by atoms with Crippen molar-refractivity contribution in [2.45, 2.75) is 71.3 Å². The molecule has 1 aliphatic heterocycles. The second-order valence-electron chi connectivity index (χ2n) is 5.30. The van der Waals surface area contributed by atoms with E-state index in [1.165, 1.54) is 51.4 Å². The molecule has 1 aliphatic rings. The zero-order valence-corrected chi connectivity index (χ0v) is 10.8. The molecule has 0 fully saturated rings. The third kappa shape index (κ3) is 2.69. The summed E-state index contributed by atoms with van der Waals surface area (Å²) >= 11 is 0. The minimum absolute atomic E-state index is 0.730. The van der Waals surface area contributed by atoms with Gasteiger partial charge in [0, 0.05) is 17.9 Å². The largest absolute Gasteiger partial charge is 0.348 e. The number of aryl methyl sites for hydroxylation is 2. The Balaban J connectivity index is 1.91. The van der Waals surface area contributed by atoms with Gasteiger partial charge in [-0.05, 0) is 50.7 Å². The molecule has 2 rings (SSSR count). The van der Waals surface area contributed by atoms with Gasteiger partial charge in [-0.3, -0.25) is 0 Å². The van der Waals surface area contributed by atoms with Gasteiger partial charge in [0.15, 0.2) is 0 Å². The molecule has 0 aliphatic carbocycles. The van der Waals surface area contributed by atoms with Crippen molar-refractivity contribution in [2.75, 3.05) is 0 Å². The van der Waals surface area contributed by atoms with Crippen LogP contribution in [-0.2, 0) is 12.8 Å². The van der Waals surface area contributed by atoms with Gasteiger partial charge in [-0.15, -0.1) is 0 Å². The van der Waals surface area contributed by atoms with Crippen LogP contribution in [-0.4, -0.2) is 4.57 Å². The maximum atomic E-state index is 2.51. The van der Waals surface area contributed by atoms with Crippen LogP contribution in [0.2, 0.25) is 0 Å². The molecule has 1 nitrogen and oxygen atoms in total. The third-order valence-corrected chi connectivity index (χ3v) is 3.84. The summed E-state index contributed by atoms with van der Waals surface area (Å²) < 4.78 is 2.51. The first-order valence-corrected chi connectivity index (χ1v) is 7.01. The lowest BCUT2D eigenvalue weighted by Gasteiger charge is -2.22. The highest BCUT2D eigenvalue weighted by Gasteiger charge is 2.15. The van der Waals surface area contributed by atoms with E-state index in [9.17, 15) is 0 Å². The van der Waals surface area contributed by atoms with Gasteiger partial charge in [0.05, 0.1) is 0 Å². The van der Waals surface area contributed by atoms with Gasteiger partial charge in [-0.1, -0.05) is 26.2 Å². The van der Waals surface area contributed by atoms with Crippen LogP contribution in [0.5, 0.6) is 0 Å². The molecule has 0 saturated carbocycles. The van der Waals surface area contributed by atoms with Gasteiger partial charge in [0.1, 0.15) is 0 Å². The Morgan fingerprint density at radius 1 is 1.31 bits per heavy atom. The van der Waals surface area contributed by atoms with E-state index in [-0.39, 0.29) is 0 Å². The predicted octanol–water partition coefficient (Wildman–Crippen LogP) is 4.51. The Bertz CT molecular complexity index is 324. The number of fused-ring (bicyclic) bond motifs is 1. The Morgan fingerprint density at radius 2 is 2.19 bits per heavy atom. The highest BCUT2D eigenvalue weighted by Crippen LogP contribution is 2.26. The highest BCUT2D eigenvalue weighted by atomic mass is 15.0. The van der Waals surface area contributed by atoms with Crippen LogP contribution < -0.4 is 0 Å². The summed E-state index contributed by atoms with van der Waals surface area (Å²) in [7, 11) is 0. The van der Waals surface area contributed by atoms with Crippen molar-refractivity contribution in [2.24, 2.45) is 0 Å². The van der Waals surface area contributed by atoms with Gasteiger partial charge in [0.2, 0.25) is 0 Å². The molecule has 1 unspecified atom stereocenters. The number of nitrogens with zero attached hydrogens (tertiary/aromatic N) is 1. The average molecular weight is 219 g/mol. The summed E-state index contributed by atoms with van der Waals surface area (Å²) in [5.41, 5.74) is 3.14. The van der Waals surface area contributed by atoms with Gasteiger partial charge in [-0.2, -0.15) is 0 Å². The first-order valence-electron chi connectivity index (χ1n) is 7.01. The summed E-state index contributed by atoms with van der Waals surface area (Å²) in [6.07, 6.45) is 13.2. The van der Waals surface area contributed by atoms with Gasteiger partial charge < -0.3 is 4.57 Å². The molecule has 0 amide bonds. The molecule has 1 atom stereocenters. The minimum Gasteiger partial charge on any atom is -0.348 e. The third-order valence-electron chi connectivity index (χ3n) is 3.84. The molecule has 2 heterocycles. The number of unbranched alkanes of at least 4 members (excludes halogenated alkanes) is 3. The Morgan fingerprint density at radius 3 is 2.94 bits per heavy atom. The van der Waals surface area contributed by atoms with E-state index < -0.39 is 0 Å². The maximum Gasteiger partial charge on any atom is 0.0305 e. The van der Waals surface area contributed by atoms with Crippen LogP contribution >= 0.6 is 0 Å². The standard InChI is InChI=1S/C15H25N/c1-3-4-5-6-9-14-11-15-10-7-8-13(2)16(15)12-14/h11-13H,3-10H2,1-2H3. The molecule has 0 N–H and O–H groups in total. The van der Waals surface area contributed by atoms with Gasteiger partial charge in [-0.25, -0.2) is 0 Å². The van der Waals surface area contributed by atoms with E-state index in [0.717, 1.165) is 6.04 Å². The number of aromatic nitrogens is 1.